The molecule has 2 unspecified atom stereocenters. The van der Waals surface area contributed by atoms with Gasteiger partial charge in [-0.25, -0.2) is 0 Å². The van der Waals surface area contributed by atoms with E-state index >= 15 is 0 Å². The molecule has 3 N–H and O–H groups in total. The van der Waals surface area contributed by atoms with Crippen LogP contribution in [0.3, 0.4) is 0 Å². The molecule has 0 saturated carbocycles. The molecule has 13 heavy (non-hydrogen) atoms. The van der Waals surface area contributed by atoms with Gasteiger partial charge in [0.15, 0.2) is 5.88 Å². The van der Waals surface area contributed by atoms with Crippen LogP contribution < -0.4 is 10.6 Å². The molecule has 0 aromatic carbocycles. The Morgan fingerprint density at radius 2 is 2.15 bits per heavy atom. The molecule has 0 aliphatic heterocycles. The zero-order chi connectivity index (χ0) is 10.3. The molecule has 0 amide bonds. The molecule has 0 aliphatic carbocycles. The minimum absolute atomic E-state index is 0.273. The first kappa shape index (κ1) is 12.3. The van der Waals surface area contributed by atoms with E-state index in [1.54, 1.807) is 6.08 Å². The second-order valence-electron chi connectivity index (χ2n) is 3.37. The molecule has 0 aromatic heterocycles. The highest BCUT2D eigenvalue weighted by atomic mass is 16.3. The first-order valence-corrected chi connectivity index (χ1v) is 4.92. The molecule has 78 valence electrons. The Hall–Kier alpha value is -0.700. The van der Waals surface area contributed by atoms with Crippen molar-refractivity contribution in [3.05, 3.63) is 12.0 Å². The first-order valence-electron chi connectivity index (χ1n) is 4.92. The topological polar surface area (TPSA) is 44.3 Å². The summed E-state index contributed by atoms with van der Waals surface area (Å²) in [5.41, 5.74) is 0. The number of hydrogen-bond donors (Lipinski definition) is 3. The second-order valence-corrected chi connectivity index (χ2v) is 3.37. The number of allylic oxidation sites excluding steroid dienone is 1. The van der Waals surface area contributed by atoms with Crippen LogP contribution in [0.25, 0.3) is 0 Å². The van der Waals surface area contributed by atoms with Crippen molar-refractivity contribution in [3.63, 3.8) is 0 Å². The molecule has 0 fully saturated rings. The lowest BCUT2D eigenvalue weighted by Gasteiger charge is -2.24. The maximum atomic E-state index is 9.31. The van der Waals surface area contributed by atoms with Crippen molar-refractivity contribution in [1.29, 1.82) is 0 Å². The zero-order valence-corrected chi connectivity index (χ0v) is 9.09. The molecule has 0 spiro atoms. The highest BCUT2D eigenvalue weighted by molar-refractivity contribution is 4.89. The van der Waals surface area contributed by atoms with Gasteiger partial charge in [0.05, 0.1) is 0 Å². The molecule has 3 nitrogen and oxygen atoms in total. The van der Waals surface area contributed by atoms with Crippen LogP contribution in [0.15, 0.2) is 12.0 Å². The van der Waals surface area contributed by atoms with E-state index in [2.05, 4.69) is 24.5 Å². The Balaban J connectivity index is 4.01. The number of nitrogens with one attached hydrogen (secondary N) is 2. The summed E-state index contributed by atoms with van der Waals surface area (Å²) < 4.78 is 0. The van der Waals surface area contributed by atoms with Gasteiger partial charge in [0.25, 0.3) is 0 Å². The SMILES string of the molecule is CC=C(O)NC(CC)C(C)CNC. The normalized spacial score (nSPS) is 16.8. The lowest BCUT2D eigenvalue weighted by atomic mass is 10.00. The third kappa shape index (κ3) is 4.78. The smallest absolute Gasteiger partial charge is 0.179 e. The Kier molecular flexibility index (Phi) is 6.41. The van der Waals surface area contributed by atoms with E-state index in [-0.39, 0.29) is 5.88 Å². The molecular weight excluding hydrogens is 164 g/mol. The largest absolute Gasteiger partial charge is 0.495 e. The highest BCUT2D eigenvalue weighted by Gasteiger charge is 2.14. The van der Waals surface area contributed by atoms with Gasteiger partial charge in [-0.1, -0.05) is 13.8 Å². The van der Waals surface area contributed by atoms with Gasteiger partial charge in [-0.05, 0) is 38.9 Å². The van der Waals surface area contributed by atoms with Crippen LogP contribution in [-0.4, -0.2) is 24.7 Å². The van der Waals surface area contributed by atoms with Gasteiger partial charge in [-0.3, -0.25) is 0 Å². The Morgan fingerprint density at radius 3 is 2.54 bits per heavy atom. The van der Waals surface area contributed by atoms with Gasteiger partial charge in [0.1, 0.15) is 0 Å². The molecule has 0 heterocycles. The van der Waals surface area contributed by atoms with Gasteiger partial charge in [-0.15, -0.1) is 0 Å². The number of aliphatic hydroxyl groups is 1. The molecule has 2 atom stereocenters. The van der Waals surface area contributed by atoms with Crippen molar-refractivity contribution >= 4 is 0 Å². The molecular formula is C10H22N2O. The summed E-state index contributed by atoms with van der Waals surface area (Å²) in [6.07, 6.45) is 2.69. The summed E-state index contributed by atoms with van der Waals surface area (Å²) in [5, 5.41) is 15.5. The highest BCUT2D eigenvalue weighted by Crippen LogP contribution is 2.06. The van der Waals surface area contributed by atoms with Crippen molar-refractivity contribution in [1.82, 2.24) is 10.6 Å². The number of aliphatic hydroxyl groups excluding tert-OH is 1. The molecule has 0 aliphatic rings. The predicted octanol–water partition coefficient (Wildman–Crippen LogP) is 1.63. The Morgan fingerprint density at radius 1 is 1.54 bits per heavy atom. The van der Waals surface area contributed by atoms with Gasteiger partial charge in [-0.2, -0.15) is 0 Å². The molecule has 0 rings (SSSR count). The van der Waals surface area contributed by atoms with E-state index in [4.69, 9.17) is 0 Å². The number of rotatable bonds is 6. The fourth-order valence-electron chi connectivity index (χ4n) is 1.38. The maximum absolute atomic E-state index is 9.31. The zero-order valence-electron chi connectivity index (χ0n) is 9.09. The van der Waals surface area contributed by atoms with Crippen molar-refractivity contribution in [2.24, 2.45) is 5.92 Å². The van der Waals surface area contributed by atoms with E-state index in [0.29, 0.717) is 12.0 Å². The van der Waals surface area contributed by atoms with Crippen LogP contribution in [0.4, 0.5) is 0 Å². The fourth-order valence-corrected chi connectivity index (χ4v) is 1.38. The van der Waals surface area contributed by atoms with Gasteiger partial charge in [0, 0.05) is 6.04 Å². The summed E-state index contributed by atoms with van der Waals surface area (Å²) >= 11 is 0. The third-order valence-electron chi connectivity index (χ3n) is 2.26. The summed E-state index contributed by atoms with van der Waals surface area (Å²) in [4.78, 5) is 0. The van der Waals surface area contributed by atoms with Crippen LogP contribution in [0.2, 0.25) is 0 Å². The average Bonchev–Trinajstić information content (AvgIpc) is 2.14. The monoisotopic (exact) mass is 186 g/mol. The Bertz CT molecular complexity index is 157. The van der Waals surface area contributed by atoms with E-state index in [0.717, 1.165) is 13.0 Å². The van der Waals surface area contributed by atoms with E-state index in [1.165, 1.54) is 0 Å². The molecule has 0 radical (unpaired) electrons. The van der Waals surface area contributed by atoms with Gasteiger partial charge in [0.2, 0.25) is 0 Å². The van der Waals surface area contributed by atoms with Crippen LogP contribution in [0.5, 0.6) is 0 Å². The second kappa shape index (κ2) is 6.78. The van der Waals surface area contributed by atoms with Gasteiger partial charge < -0.3 is 15.7 Å². The fraction of sp³-hybridized carbons (Fsp3) is 0.800. The maximum Gasteiger partial charge on any atom is 0.179 e. The molecule has 0 bridgehead atoms. The predicted molar refractivity (Wildman–Crippen MR) is 56.7 cm³/mol. The summed E-state index contributed by atoms with van der Waals surface area (Å²) in [7, 11) is 1.94. The minimum atomic E-state index is 0.273. The van der Waals surface area contributed by atoms with Crippen molar-refractivity contribution in [2.45, 2.75) is 33.2 Å². The summed E-state index contributed by atoms with van der Waals surface area (Å²) in [6, 6.07) is 0.337. The van der Waals surface area contributed by atoms with E-state index < -0.39 is 0 Å². The summed E-state index contributed by atoms with van der Waals surface area (Å²) in [6.45, 7) is 7.06. The van der Waals surface area contributed by atoms with Crippen LogP contribution in [-0.2, 0) is 0 Å². The standard InChI is InChI=1S/C10H22N2O/c1-5-9(8(3)7-11-4)12-10(13)6-2/h6,8-9,11-13H,5,7H2,1-4H3. The first-order chi connectivity index (χ1) is 6.15. The van der Waals surface area contributed by atoms with Crippen LogP contribution in [0, 0.1) is 5.92 Å². The van der Waals surface area contributed by atoms with Gasteiger partial charge >= 0.3 is 0 Å². The van der Waals surface area contributed by atoms with E-state index in [9.17, 15) is 5.11 Å². The molecule has 3 heteroatoms. The quantitative estimate of drug-likeness (QED) is 0.552. The molecule has 0 aromatic rings. The number of hydrogen-bond acceptors (Lipinski definition) is 3. The average molecular weight is 186 g/mol. The molecule has 0 saturated heterocycles. The van der Waals surface area contributed by atoms with Crippen molar-refractivity contribution in [2.75, 3.05) is 13.6 Å². The summed E-state index contributed by atoms with van der Waals surface area (Å²) in [5.74, 6) is 0.784. The lowest BCUT2D eigenvalue weighted by Crippen LogP contribution is -2.38. The van der Waals surface area contributed by atoms with Crippen LogP contribution in [0.1, 0.15) is 27.2 Å². The van der Waals surface area contributed by atoms with E-state index in [1.807, 2.05) is 14.0 Å². The lowest BCUT2D eigenvalue weighted by molar-refractivity contribution is 0.293. The minimum Gasteiger partial charge on any atom is -0.495 e. The van der Waals surface area contributed by atoms with Crippen molar-refractivity contribution < 1.29 is 5.11 Å². The van der Waals surface area contributed by atoms with Crippen molar-refractivity contribution in [3.8, 4) is 0 Å². The third-order valence-corrected chi connectivity index (χ3v) is 2.26. The Labute approximate surface area is 81.2 Å². The van der Waals surface area contributed by atoms with Crippen LogP contribution >= 0.6 is 0 Å².